The average Bonchev–Trinajstić information content (AvgIpc) is 3.56. The summed E-state index contributed by atoms with van der Waals surface area (Å²) >= 11 is 0. The quantitative estimate of drug-likeness (QED) is 0.573. The average molecular weight is 399 g/mol. The van der Waals surface area contributed by atoms with Crippen molar-refractivity contribution in [1.82, 2.24) is 10.2 Å². The molecule has 0 aromatic heterocycles. The van der Waals surface area contributed by atoms with Crippen molar-refractivity contribution in [1.29, 1.82) is 0 Å². The van der Waals surface area contributed by atoms with Gasteiger partial charge in [0.2, 0.25) is 0 Å². The number of benzene rings is 2. The number of ether oxygens (including phenoxy) is 2. The van der Waals surface area contributed by atoms with Gasteiger partial charge < -0.3 is 24.8 Å². The monoisotopic (exact) mass is 398 g/mol. The van der Waals surface area contributed by atoms with Gasteiger partial charge in [0.25, 0.3) is 0 Å². The second-order valence-electron chi connectivity index (χ2n) is 7.74. The second-order valence-corrected chi connectivity index (χ2v) is 7.74. The molecule has 0 spiro atoms. The molecule has 2 N–H and O–H groups in total. The van der Waals surface area contributed by atoms with Crippen LogP contribution in [0, 0.1) is 0 Å². The van der Waals surface area contributed by atoms with Gasteiger partial charge in [0.1, 0.15) is 12.7 Å². The molecule has 1 unspecified atom stereocenters. The maximum absolute atomic E-state index is 10.3. The van der Waals surface area contributed by atoms with Crippen molar-refractivity contribution in [2.75, 3.05) is 33.4 Å². The van der Waals surface area contributed by atoms with E-state index in [4.69, 9.17) is 9.47 Å². The Balaban J connectivity index is 1.60. The highest BCUT2D eigenvalue weighted by Crippen LogP contribution is 2.45. The van der Waals surface area contributed by atoms with E-state index >= 15 is 0 Å². The number of nitrogens with one attached hydrogen (secondary N) is 1. The largest absolute Gasteiger partial charge is 0.493 e. The summed E-state index contributed by atoms with van der Waals surface area (Å²) in [6.45, 7) is 7.64. The van der Waals surface area contributed by atoms with Crippen LogP contribution in [0.4, 0.5) is 0 Å². The molecule has 3 rings (SSSR count). The van der Waals surface area contributed by atoms with Crippen LogP contribution in [0.5, 0.6) is 11.5 Å². The van der Waals surface area contributed by atoms with Gasteiger partial charge in [-0.1, -0.05) is 50.2 Å². The minimum atomic E-state index is -0.533. The zero-order valence-electron chi connectivity index (χ0n) is 17.9. The van der Waals surface area contributed by atoms with Crippen molar-refractivity contribution in [3.05, 3.63) is 59.7 Å². The Bertz CT molecular complexity index is 758. The third kappa shape index (κ3) is 5.72. The van der Waals surface area contributed by atoms with Gasteiger partial charge in [-0.15, -0.1) is 0 Å². The number of aliphatic hydroxyl groups is 1. The molecule has 1 aliphatic carbocycles. The molecular formula is C24H34N2O3. The fourth-order valence-corrected chi connectivity index (χ4v) is 3.68. The lowest BCUT2D eigenvalue weighted by Gasteiger charge is -2.22. The summed E-state index contributed by atoms with van der Waals surface area (Å²) in [5.41, 5.74) is 2.59. The highest BCUT2D eigenvalue weighted by Gasteiger charge is 2.43. The summed E-state index contributed by atoms with van der Waals surface area (Å²) in [7, 11) is 1.64. The van der Waals surface area contributed by atoms with E-state index in [1.165, 1.54) is 5.56 Å². The number of nitrogens with zero attached hydrogens (tertiary/aromatic N) is 1. The molecule has 5 nitrogen and oxygen atoms in total. The molecule has 2 aromatic rings. The zero-order valence-corrected chi connectivity index (χ0v) is 17.9. The predicted molar refractivity (Wildman–Crippen MR) is 116 cm³/mol. The SMILES string of the molecule is CCN(CC)CC(O)COc1cc(CNC2(c3ccccc3)CC2)ccc1OC. The van der Waals surface area contributed by atoms with Crippen molar-refractivity contribution < 1.29 is 14.6 Å². The van der Waals surface area contributed by atoms with E-state index in [-0.39, 0.29) is 12.1 Å². The van der Waals surface area contributed by atoms with Crippen LogP contribution >= 0.6 is 0 Å². The second kappa shape index (κ2) is 10.1. The first-order chi connectivity index (χ1) is 14.1. The van der Waals surface area contributed by atoms with Gasteiger partial charge in [-0.2, -0.15) is 0 Å². The fraction of sp³-hybridized carbons (Fsp3) is 0.500. The summed E-state index contributed by atoms with van der Waals surface area (Å²) in [6.07, 6.45) is 1.79. The number of hydrogen-bond acceptors (Lipinski definition) is 5. The zero-order chi connectivity index (χ0) is 20.7. The first-order valence-electron chi connectivity index (χ1n) is 10.6. The highest BCUT2D eigenvalue weighted by molar-refractivity contribution is 5.43. The maximum atomic E-state index is 10.3. The van der Waals surface area contributed by atoms with E-state index in [0.29, 0.717) is 18.0 Å². The predicted octanol–water partition coefficient (Wildman–Crippen LogP) is 3.56. The number of hydrogen-bond donors (Lipinski definition) is 2. The van der Waals surface area contributed by atoms with Gasteiger partial charge >= 0.3 is 0 Å². The Labute approximate surface area is 174 Å². The van der Waals surface area contributed by atoms with E-state index in [9.17, 15) is 5.11 Å². The minimum Gasteiger partial charge on any atom is -0.493 e. The van der Waals surface area contributed by atoms with Crippen molar-refractivity contribution >= 4 is 0 Å². The number of methoxy groups -OCH3 is 1. The van der Waals surface area contributed by atoms with Gasteiger partial charge in [-0.25, -0.2) is 0 Å². The first kappa shape index (κ1) is 21.6. The minimum absolute atomic E-state index is 0.0994. The Morgan fingerprint density at radius 2 is 1.79 bits per heavy atom. The van der Waals surface area contributed by atoms with Crippen LogP contribution in [0.1, 0.15) is 37.8 Å². The third-order valence-corrected chi connectivity index (χ3v) is 5.73. The normalized spacial score (nSPS) is 15.9. The molecule has 1 atom stereocenters. The van der Waals surface area contributed by atoms with Gasteiger partial charge in [0, 0.05) is 18.6 Å². The lowest BCUT2D eigenvalue weighted by Crippen LogP contribution is -2.35. The van der Waals surface area contributed by atoms with Crippen LogP contribution in [0.25, 0.3) is 0 Å². The first-order valence-corrected chi connectivity index (χ1v) is 10.6. The number of rotatable bonds is 12. The topological polar surface area (TPSA) is 54.0 Å². The lowest BCUT2D eigenvalue weighted by molar-refractivity contribution is 0.0705. The third-order valence-electron chi connectivity index (χ3n) is 5.73. The summed E-state index contributed by atoms with van der Waals surface area (Å²) in [5.74, 6) is 1.36. The van der Waals surface area contributed by atoms with Crippen molar-refractivity contribution in [3.63, 3.8) is 0 Å². The molecule has 0 saturated heterocycles. The van der Waals surface area contributed by atoms with Gasteiger partial charge in [0.15, 0.2) is 11.5 Å². The van der Waals surface area contributed by atoms with E-state index in [1.54, 1.807) is 7.11 Å². The van der Waals surface area contributed by atoms with Crippen LogP contribution < -0.4 is 14.8 Å². The summed E-state index contributed by atoms with van der Waals surface area (Å²) < 4.78 is 11.4. The van der Waals surface area contributed by atoms with E-state index in [2.05, 4.69) is 60.5 Å². The number of aliphatic hydroxyl groups excluding tert-OH is 1. The fourth-order valence-electron chi connectivity index (χ4n) is 3.68. The molecule has 0 amide bonds. The van der Waals surface area contributed by atoms with Gasteiger partial charge in [-0.05, 0) is 49.2 Å². The molecule has 0 heterocycles. The lowest BCUT2D eigenvalue weighted by atomic mass is 10.0. The number of likely N-dealkylation sites (N-methyl/N-ethyl adjacent to an activating group) is 1. The van der Waals surface area contributed by atoms with E-state index < -0.39 is 6.10 Å². The smallest absolute Gasteiger partial charge is 0.161 e. The maximum Gasteiger partial charge on any atom is 0.161 e. The Morgan fingerprint density at radius 3 is 2.41 bits per heavy atom. The molecule has 1 aliphatic rings. The Kier molecular flexibility index (Phi) is 7.53. The van der Waals surface area contributed by atoms with Crippen LogP contribution in [0.15, 0.2) is 48.5 Å². The van der Waals surface area contributed by atoms with Crippen molar-refractivity contribution in [2.24, 2.45) is 0 Å². The Hall–Kier alpha value is -2.08. The molecular weight excluding hydrogens is 364 g/mol. The molecule has 1 saturated carbocycles. The van der Waals surface area contributed by atoms with Crippen molar-refractivity contribution in [2.45, 2.75) is 44.9 Å². The summed E-state index contributed by atoms with van der Waals surface area (Å²) in [6, 6.07) is 16.6. The van der Waals surface area contributed by atoms with E-state index in [1.807, 2.05) is 12.1 Å². The Morgan fingerprint density at radius 1 is 1.07 bits per heavy atom. The van der Waals surface area contributed by atoms with Crippen LogP contribution in [0.2, 0.25) is 0 Å². The van der Waals surface area contributed by atoms with Crippen molar-refractivity contribution in [3.8, 4) is 11.5 Å². The summed E-state index contributed by atoms with van der Waals surface area (Å²) in [5, 5.41) is 14.0. The molecule has 1 fully saturated rings. The molecule has 158 valence electrons. The van der Waals surface area contributed by atoms with Gasteiger partial charge in [-0.3, -0.25) is 0 Å². The molecule has 5 heteroatoms. The van der Waals surface area contributed by atoms with Crippen LogP contribution in [0.3, 0.4) is 0 Å². The van der Waals surface area contributed by atoms with Crippen LogP contribution in [-0.2, 0) is 12.1 Å². The highest BCUT2D eigenvalue weighted by atomic mass is 16.5. The van der Waals surface area contributed by atoms with Crippen LogP contribution in [-0.4, -0.2) is 49.5 Å². The molecule has 2 aromatic carbocycles. The summed E-state index contributed by atoms with van der Waals surface area (Å²) in [4.78, 5) is 2.18. The standard InChI is InChI=1S/C24H34N2O3/c1-4-26(5-2)17-21(27)18-29-23-15-19(11-12-22(23)28-3)16-25-24(13-14-24)20-9-7-6-8-10-20/h6-12,15,21,25,27H,4-5,13-14,16-18H2,1-3H3. The van der Waals surface area contributed by atoms with Gasteiger partial charge in [0.05, 0.1) is 7.11 Å². The molecule has 0 bridgehead atoms. The van der Waals surface area contributed by atoms with E-state index in [0.717, 1.165) is 38.0 Å². The molecule has 29 heavy (non-hydrogen) atoms. The molecule has 0 radical (unpaired) electrons. The molecule has 0 aliphatic heterocycles.